The lowest BCUT2D eigenvalue weighted by Gasteiger charge is -2.11. The molecular weight excluding hydrogens is 377 g/mol. The summed E-state index contributed by atoms with van der Waals surface area (Å²) >= 11 is 2.16. The number of anilines is 1. The molecule has 2 rings (SSSR count). The molecule has 2 aromatic carbocycles. The maximum absolute atomic E-state index is 12.3. The third kappa shape index (κ3) is 3.38. The fourth-order valence-electron chi connectivity index (χ4n) is 1.57. The van der Waals surface area contributed by atoms with Crippen LogP contribution >= 0.6 is 22.6 Å². The molecule has 0 aromatic heterocycles. The summed E-state index contributed by atoms with van der Waals surface area (Å²) in [6, 6.07) is 13.6. The second-order valence-corrected chi connectivity index (χ2v) is 6.66. The molecule has 0 aliphatic carbocycles. The fraction of sp³-hybridized carbons (Fsp3) is 0.0769. The van der Waals surface area contributed by atoms with Crippen LogP contribution in [0.1, 0.15) is 0 Å². The van der Waals surface area contributed by atoms with Gasteiger partial charge in [0, 0.05) is 9.26 Å². The van der Waals surface area contributed by atoms with E-state index in [9.17, 15) is 8.42 Å². The second kappa shape index (κ2) is 5.79. The lowest BCUT2D eigenvalue weighted by atomic mass is 10.3. The number of rotatable bonds is 4. The zero-order valence-corrected chi connectivity index (χ0v) is 13.1. The lowest BCUT2D eigenvalue weighted by Crippen LogP contribution is -2.13. The van der Waals surface area contributed by atoms with Crippen molar-refractivity contribution in [3.8, 4) is 5.75 Å². The van der Waals surface area contributed by atoms with Crippen LogP contribution in [0.3, 0.4) is 0 Å². The second-order valence-electron chi connectivity index (χ2n) is 3.76. The first-order chi connectivity index (χ1) is 9.03. The van der Waals surface area contributed by atoms with Gasteiger partial charge in [0.2, 0.25) is 0 Å². The van der Waals surface area contributed by atoms with Gasteiger partial charge in [-0.15, -0.1) is 0 Å². The first-order valence-corrected chi connectivity index (χ1v) is 8.00. The van der Waals surface area contributed by atoms with Gasteiger partial charge >= 0.3 is 0 Å². The van der Waals surface area contributed by atoms with Crippen molar-refractivity contribution in [3.05, 3.63) is 52.1 Å². The van der Waals surface area contributed by atoms with Crippen molar-refractivity contribution < 1.29 is 13.2 Å². The Morgan fingerprint density at radius 3 is 2.32 bits per heavy atom. The fourth-order valence-corrected chi connectivity index (χ4v) is 3.16. The Kier molecular flexibility index (Phi) is 4.31. The molecule has 19 heavy (non-hydrogen) atoms. The number of methoxy groups -OCH3 is 1. The monoisotopic (exact) mass is 389 g/mol. The molecule has 0 saturated carbocycles. The summed E-state index contributed by atoms with van der Waals surface area (Å²) in [6.07, 6.45) is 0. The number of hydrogen-bond donors (Lipinski definition) is 1. The van der Waals surface area contributed by atoms with Crippen LogP contribution in [0.5, 0.6) is 5.75 Å². The Morgan fingerprint density at radius 2 is 1.68 bits per heavy atom. The van der Waals surface area contributed by atoms with Crippen molar-refractivity contribution in [1.29, 1.82) is 0 Å². The van der Waals surface area contributed by atoms with Gasteiger partial charge in [0.1, 0.15) is 10.6 Å². The van der Waals surface area contributed by atoms with Crippen LogP contribution in [-0.2, 0) is 10.0 Å². The van der Waals surface area contributed by atoms with Crippen LogP contribution < -0.4 is 9.46 Å². The third-order valence-corrected chi connectivity index (χ3v) is 4.59. The quantitative estimate of drug-likeness (QED) is 0.818. The zero-order valence-electron chi connectivity index (χ0n) is 10.1. The van der Waals surface area contributed by atoms with E-state index in [-0.39, 0.29) is 4.90 Å². The van der Waals surface area contributed by atoms with Crippen LogP contribution in [0.15, 0.2) is 53.4 Å². The van der Waals surface area contributed by atoms with E-state index < -0.39 is 10.0 Å². The van der Waals surface area contributed by atoms with E-state index in [1.165, 1.54) is 13.2 Å². The third-order valence-electron chi connectivity index (χ3n) is 2.46. The van der Waals surface area contributed by atoms with Gasteiger partial charge in [-0.3, -0.25) is 4.72 Å². The molecular formula is C13H12INO3S. The molecule has 4 nitrogen and oxygen atoms in total. The van der Waals surface area contributed by atoms with E-state index in [0.29, 0.717) is 11.4 Å². The van der Waals surface area contributed by atoms with Crippen LogP contribution in [0.25, 0.3) is 0 Å². The lowest BCUT2D eigenvalue weighted by molar-refractivity contribution is 0.403. The van der Waals surface area contributed by atoms with Crippen molar-refractivity contribution in [3.63, 3.8) is 0 Å². The largest absolute Gasteiger partial charge is 0.495 e. The number of hydrogen-bond acceptors (Lipinski definition) is 3. The molecule has 0 amide bonds. The van der Waals surface area contributed by atoms with Gasteiger partial charge in [-0.05, 0) is 59.0 Å². The first kappa shape index (κ1) is 14.1. The minimum absolute atomic E-state index is 0.121. The predicted molar refractivity (Wildman–Crippen MR) is 83.0 cm³/mol. The Hall–Kier alpha value is -1.28. The van der Waals surface area contributed by atoms with Crippen LogP contribution in [-0.4, -0.2) is 15.5 Å². The number of halogens is 1. The van der Waals surface area contributed by atoms with Crippen molar-refractivity contribution in [2.24, 2.45) is 0 Å². The summed E-state index contributed by atoms with van der Waals surface area (Å²) in [5.41, 5.74) is 0.520. The van der Waals surface area contributed by atoms with E-state index in [1.807, 2.05) is 12.1 Å². The van der Waals surface area contributed by atoms with Gasteiger partial charge in [0.05, 0.1) is 7.11 Å². The van der Waals surface area contributed by atoms with E-state index in [1.54, 1.807) is 30.3 Å². The number of ether oxygens (including phenoxy) is 1. The Balaban J connectivity index is 2.35. The molecule has 0 bridgehead atoms. The Morgan fingerprint density at radius 1 is 1.05 bits per heavy atom. The van der Waals surface area contributed by atoms with Crippen LogP contribution in [0.4, 0.5) is 5.69 Å². The molecule has 0 aliphatic rings. The van der Waals surface area contributed by atoms with Crippen molar-refractivity contribution in [2.75, 3.05) is 11.8 Å². The molecule has 0 spiro atoms. The molecule has 0 unspecified atom stereocenters. The molecule has 1 N–H and O–H groups in total. The van der Waals surface area contributed by atoms with Gasteiger partial charge < -0.3 is 4.74 Å². The normalized spacial score (nSPS) is 11.1. The summed E-state index contributed by atoms with van der Waals surface area (Å²) in [7, 11) is -2.20. The Bertz CT molecular complexity index is 669. The van der Waals surface area contributed by atoms with Gasteiger partial charge in [0.25, 0.3) is 10.0 Å². The molecule has 6 heteroatoms. The summed E-state index contributed by atoms with van der Waals surface area (Å²) < 4.78 is 33.2. The van der Waals surface area contributed by atoms with Gasteiger partial charge in [0.15, 0.2) is 0 Å². The number of sulfonamides is 1. The molecule has 0 atom stereocenters. The first-order valence-electron chi connectivity index (χ1n) is 5.44. The van der Waals surface area contributed by atoms with Crippen molar-refractivity contribution in [2.45, 2.75) is 4.90 Å². The van der Waals surface area contributed by atoms with Gasteiger partial charge in [-0.2, -0.15) is 0 Å². The maximum Gasteiger partial charge on any atom is 0.265 e. The maximum atomic E-state index is 12.3. The predicted octanol–water partition coefficient (Wildman–Crippen LogP) is 3.10. The highest BCUT2D eigenvalue weighted by atomic mass is 127. The number of nitrogens with one attached hydrogen (secondary N) is 1. The highest BCUT2D eigenvalue weighted by Gasteiger charge is 2.18. The average molecular weight is 389 g/mol. The summed E-state index contributed by atoms with van der Waals surface area (Å²) in [4.78, 5) is 0.121. The SMILES string of the molecule is COc1ccccc1S(=O)(=O)Nc1ccc(I)cc1. The van der Waals surface area contributed by atoms with E-state index >= 15 is 0 Å². The average Bonchev–Trinajstić information content (AvgIpc) is 2.41. The van der Waals surface area contributed by atoms with E-state index in [0.717, 1.165) is 3.57 Å². The van der Waals surface area contributed by atoms with Crippen molar-refractivity contribution >= 4 is 38.3 Å². The standard InChI is InChI=1S/C13H12INO3S/c1-18-12-4-2-3-5-13(12)19(16,17)15-11-8-6-10(14)7-9-11/h2-9,15H,1H3. The van der Waals surface area contributed by atoms with Crippen LogP contribution in [0, 0.1) is 3.57 Å². The molecule has 2 aromatic rings. The molecule has 0 fully saturated rings. The summed E-state index contributed by atoms with van der Waals surface area (Å²) in [5, 5.41) is 0. The molecule has 100 valence electrons. The molecule has 0 aliphatic heterocycles. The van der Waals surface area contributed by atoms with Crippen molar-refractivity contribution in [1.82, 2.24) is 0 Å². The zero-order chi connectivity index (χ0) is 13.9. The molecule has 0 heterocycles. The number of benzene rings is 2. The van der Waals surface area contributed by atoms with E-state index in [2.05, 4.69) is 27.3 Å². The molecule has 0 saturated heterocycles. The number of para-hydroxylation sites is 1. The summed E-state index contributed by atoms with van der Waals surface area (Å²) in [6.45, 7) is 0. The summed E-state index contributed by atoms with van der Waals surface area (Å²) in [5.74, 6) is 0.320. The van der Waals surface area contributed by atoms with Gasteiger partial charge in [-0.25, -0.2) is 8.42 Å². The molecule has 0 radical (unpaired) electrons. The van der Waals surface area contributed by atoms with Gasteiger partial charge in [-0.1, -0.05) is 12.1 Å². The topological polar surface area (TPSA) is 55.4 Å². The highest BCUT2D eigenvalue weighted by molar-refractivity contribution is 14.1. The minimum Gasteiger partial charge on any atom is -0.495 e. The van der Waals surface area contributed by atoms with E-state index in [4.69, 9.17) is 4.74 Å². The Labute approximate surface area is 126 Å². The van der Waals surface area contributed by atoms with Crippen LogP contribution in [0.2, 0.25) is 0 Å². The minimum atomic E-state index is -3.65. The highest BCUT2D eigenvalue weighted by Crippen LogP contribution is 2.25. The smallest absolute Gasteiger partial charge is 0.265 e.